The van der Waals surface area contributed by atoms with E-state index in [2.05, 4.69) is 11.0 Å². The summed E-state index contributed by atoms with van der Waals surface area (Å²) in [4.78, 5) is 16.8. The van der Waals surface area contributed by atoms with E-state index < -0.39 is 0 Å². The zero-order valence-corrected chi connectivity index (χ0v) is 15.9. The Morgan fingerprint density at radius 2 is 1.70 bits per heavy atom. The highest BCUT2D eigenvalue weighted by atomic mass is 19.1. The van der Waals surface area contributed by atoms with Gasteiger partial charge in [0.2, 0.25) is 5.91 Å². The van der Waals surface area contributed by atoms with Gasteiger partial charge in [0.15, 0.2) is 0 Å². The number of rotatable bonds is 7. The third-order valence-electron chi connectivity index (χ3n) is 5.16. The topological polar surface area (TPSA) is 32.8 Å². The third-order valence-corrected chi connectivity index (χ3v) is 5.16. The quantitative estimate of drug-likeness (QED) is 0.751. The van der Waals surface area contributed by atoms with E-state index in [4.69, 9.17) is 4.74 Å². The molecular weight excluding hydrogens is 343 g/mol. The standard InChI is InChI=1S/C22H27FN2O2/c1-27-21-5-3-2-4-19(21)12-13-24-14-16-25(17-15-24)22(26)11-8-18-6-9-20(23)10-7-18/h2-7,9-10H,8,11-17H2,1H3. The summed E-state index contributed by atoms with van der Waals surface area (Å²) in [5.74, 6) is 0.880. The molecule has 0 aliphatic carbocycles. The Bertz CT molecular complexity index is 740. The fraction of sp³-hybridized carbons (Fsp3) is 0.409. The van der Waals surface area contributed by atoms with Gasteiger partial charge in [-0.1, -0.05) is 30.3 Å². The van der Waals surface area contributed by atoms with Gasteiger partial charge in [-0.2, -0.15) is 0 Å². The molecule has 0 saturated carbocycles. The van der Waals surface area contributed by atoms with E-state index in [-0.39, 0.29) is 11.7 Å². The fourth-order valence-corrected chi connectivity index (χ4v) is 3.47. The van der Waals surface area contributed by atoms with Gasteiger partial charge in [-0.15, -0.1) is 0 Å². The molecule has 144 valence electrons. The second-order valence-electron chi connectivity index (χ2n) is 6.91. The molecule has 27 heavy (non-hydrogen) atoms. The van der Waals surface area contributed by atoms with Gasteiger partial charge in [-0.25, -0.2) is 4.39 Å². The zero-order valence-electron chi connectivity index (χ0n) is 15.9. The van der Waals surface area contributed by atoms with Crippen LogP contribution in [-0.4, -0.2) is 55.5 Å². The molecule has 2 aromatic rings. The number of nitrogens with zero attached hydrogens (tertiary/aromatic N) is 2. The summed E-state index contributed by atoms with van der Waals surface area (Å²) in [5, 5.41) is 0. The molecule has 1 saturated heterocycles. The van der Waals surface area contributed by atoms with Crippen molar-refractivity contribution in [3.05, 3.63) is 65.5 Å². The van der Waals surface area contributed by atoms with Crippen LogP contribution in [-0.2, 0) is 17.6 Å². The molecule has 0 N–H and O–H groups in total. The summed E-state index contributed by atoms with van der Waals surface area (Å²) in [6.45, 7) is 4.31. The molecule has 0 bridgehead atoms. The number of hydrogen-bond acceptors (Lipinski definition) is 3. The number of carbonyl (C=O) groups is 1. The first-order valence-electron chi connectivity index (χ1n) is 9.52. The molecule has 3 rings (SSSR count). The minimum absolute atomic E-state index is 0.184. The predicted molar refractivity (Wildman–Crippen MR) is 104 cm³/mol. The number of carbonyl (C=O) groups excluding carboxylic acids is 1. The summed E-state index contributed by atoms with van der Waals surface area (Å²) < 4.78 is 18.4. The van der Waals surface area contributed by atoms with E-state index in [1.165, 1.54) is 17.7 Å². The van der Waals surface area contributed by atoms with Gasteiger partial charge in [-0.05, 0) is 42.2 Å². The van der Waals surface area contributed by atoms with Crippen molar-refractivity contribution in [3.63, 3.8) is 0 Å². The molecule has 0 unspecified atom stereocenters. The van der Waals surface area contributed by atoms with Gasteiger partial charge in [0.25, 0.3) is 0 Å². The third kappa shape index (κ3) is 5.54. The first-order valence-corrected chi connectivity index (χ1v) is 9.52. The summed E-state index contributed by atoms with van der Waals surface area (Å²) in [5.41, 5.74) is 2.22. The number of ether oxygens (including phenoxy) is 1. The van der Waals surface area contributed by atoms with Crippen molar-refractivity contribution >= 4 is 5.91 Å². The lowest BCUT2D eigenvalue weighted by Gasteiger charge is -2.35. The first kappa shape index (κ1) is 19.4. The summed E-state index contributed by atoms with van der Waals surface area (Å²) in [6, 6.07) is 14.5. The maximum absolute atomic E-state index is 12.9. The van der Waals surface area contributed by atoms with E-state index >= 15 is 0 Å². The fourth-order valence-electron chi connectivity index (χ4n) is 3.47. The zero-order chi connectivity index (χ0) is 19.1. The molecule has 5 heteroatoms. The van der Waals surface area contributed by atoms with Crippen LogP contribution in [0.25, 0.3) is 0 Å². The van der Waals surface area contributed by atoms with Crippen molar-refractivity contribution in [1.29, 1.82) is 0 Å². The van der Waals surface area contributed by atoms with E-state index in [9.17, 15) is 9.18 Å². The molecule has 4 nitrogen and oxygen atoms in total. The van der Waals surface area contributed by atoms with Crippen LogP contribution in [0.3, 0.4) is 0 Å². The molecule has 1 heterocycles. The van der Waals surface area contributed by atoms with Crippen molar-refractivity contribution in [2.75, 3.05) is 39.8 Å². The molecule has 0 aromatic heterocycles. The number of amides is 1. The van der Waals surface area contributed by atoms with Crippen LogP contribution < -0.4 is 4.74 Å². The maximum Gasteiger partial charge on any atom is 0.222 e. The average Bonchev–Trinajstić information content (AvgIpc) is 2.72. The van der Waals surface area contributed by atoms with Crippen LogP contribution in [0.1, 0.15) is 17.5 Å². The highest BCUT2D eigenvalue weighted by Gasteiger charge is 2.20. The van der Waals surface area contributed by atoms with Crippen molar-refractivity contribution in [2.24, 2.45) is 0 Å². The van der Waals surface area contributed by atoms with Crippen LogP contribution in [0, 0.1) is 5.82 Å². The highest BCUT2D eigenvalue weighted by molar-refractivity contribution is 5.76. The van der Waals surface area contributed by atoms with Crippen LogP contribution in [0.5, 0.6) is 5.75 Å². The van der Waals surface area contributed by atoms with Gasteiger partial charge in [0.1, 0.15) is 11.6 Å². The average molecular weight is 370 g/mol. The smallest absolute Gasteiger partial charge is 0.222 e. The Balaban J connectivity index is 1.40. The number of aryl methyl sites for hydroxylation is 1. The monoisotopic (exact) mass is 370 g/mol. The number of benzene rings is 2. The minimum Gasteiger partial charge on any atom is -0.496 e. The van der Waals surface area contributed by atoms with Crippen molar-refractivity contribution < 1.29 is 13.9 Å². The number of para-hydroxylation sites is 1. The van der Waals surface area contributed by atoms with E-state index in [0.717, 1.165) is 50.5 Å². The van der Waals surface area contributed by atoms with Crippen LogP contribution in [0.15, 0.2) is 48.5 Å². The summed E-state index contributed by atoms with van der Waals surface area (Å²) in [7, 11) is 1.70. The number of halogens is 1. The Hall–Kier alpha value is -2.40. The molecule has 1 aliphatic heterocycles. The number of piperazine rings is 1. The van der Waals surface area contributed by atoms with Crippen molar-refractivity contribution in [2.45, 2.75) is 19.3 Å². The second kappa shape index (κ2) is 9.51. The first-order chi connectivity index (χ1) is 13.2. The van der Waals surface area contributed by atoms with Gasteiger partial charge >= 0.3 is 0 Å². The lowest BCUT2D eigenvalue weighted by molar-refractivity contribution is -0.132. The largest absolute Gasteiger partial charge is 0.496 e. The minimum atomic E-state index is -0.241. The lowest BCUT2D eigenvalue weighted by atomic mass is 10.1. The molecule has 0 atom stereocenters. The molecule has 0 radical (unpaired) electrons. The Morgan fingerprint density at radius 3 is 2.41 bits per heavy atom. The highest BCUT2D eigenvalue weighted by Crippen LogP contribution is 2.18. The maximum atomic E-state index is 12.9. The van der Waals surface area contributed by atoms with Gasteiger partial charge < -0.3 is 9.64 Å². The van der Waals surface area contributed by atoms with E-state index in [1.807, 2.05) is 23.1 Å². The number of hydrogen-bond donors (Lipinski definition) is 0. The molecule has 1 amide bonds. The molecule has 0 spiro atoms. The molecule has 1 fully saturated rings. The Labute approximate surface area is 160 Å². The summed E-state index contributed by atoms with van der Waals surface area (Å²) >= 11 is 0. The summed E-state index contributed by atoms with van der Waals surface area (Å²) in [6.07, 6.45) is 2.09. The van der Waals surface area contributed by atoms with Crippen molar-refractivity contribution in [3.8, 4) is 5.75 Å². The van der Waals surface area contributed by atoms with Crippen LogP contribution in [0.2, 0.25) is 0 Å². The second-order valence-corrected chi connectivity index (χ2v) is 6.91. The molecule has 2 aromatic carbocycles. The van der Waals surface area contributed by atoms with Gasteiger partial charge in [-0.3, -0.25) is 9.69 Å². The lowest BCUT2D eigenvalue weighted by Crippen LogP contribution is -2.49. The van der Waals surface area contributed by atoms with Crippen LogP contribution in [0.4, 0.5) is 4.39 Å². The predicted octanol–water partition coefficient (Wildman–Crippen LogP) is 3.15. The SMILES string of the molecule is COc1ccccc1CCN1CCN(C(=O)CCc2ccc(F)cc2)CC1. The molecule has 1 aliphatic rings. The normalized spacial score (nSPS) is 15.0. The van der Waals surface area contributed by atoms with Gasteiger partial charge in [0.05, 0.1) is 7.11 Å². The number of methoxy groups -OCH3 is 1. The molecular formula is C22H27FN2O2. The van der Waals surface area contributed by atoms with Crippen molar-refractivity contribution in [1.82, 2.24) is 9.80 Å². The van der Waals surface area contributed by atoms with Gasteiger partial charge in [0, 0.05) is 39.1 Å². The van der Waals surface area contributed by atoms with Crippen LogP contribution >= 0.6 is 0 Å². The van der Waals surface area contributed by atoms with E-state index in [1.54, 1.807) is 19.2 Å². The Kier molecular flexibility index (Phi) is 6.82. The van der Waals surface area contributed by atoms with E-state index in [0.29, 0.717) is 12.8 Å². The Morgan fingerprint density at radius 1 is 1.00 bits per heavy atom.